The maximum absolute atomic E-state index is 6.15. The molecule has 3 unspecified atom stereocenters. The standard InChI is InChI=1S/C10H21N3/c1-3-9(12)4-8(2)5-10(13,6-9)7-11/h3,8H,1,4-7,11-13H2,2H3. The SMILES string of the molecule is C=CC1(N)CC(C)CC(N)(CN)C1. The lowest BCUT2D eigenvalue weighted by atomic mass is 9.68. The van der Waals surface area contributed by atoms with Crippen molar-refractivity contribution in [2.75, 3.05) is 6.54 Å². The third-order valence-corrected chi connectivity index (χ3v) is 2.98. The summed E-state index contributed by atoms with van der Waals surface area (Å²) in [5, 5.41) is 0. The molecule has 0 spiro atoms. The summed E-state index contributed by atoms with van der Waals surface area (Å²) >= 11 is 0. The lowest BCUT2D eigenvalue weighted by molar-refractivity contribution is 0.179. The topological polar surface area (TPSA) is 78.1 Å². The van der Waals surface area contributed by atoms with Crippen LogP contribution in [0.5, 0.6) is 0 Å². The molecule has 0 aliphatic heterocycles. The molecule has 0 saturated heterocycles. The predicted molar refractivity (Wildman–Crippen MR) is 56.1 cm³/mol. The van der Waals surface area contributed by atoms with Crippen LogP contribution in [0, 0.1) is 5.92 Å². The van der Waals surface area contributed by atoms with Gasteiger partial charge >= 0.3 is 0 Å². The minimum absolute atomic E-state index is 0.291. The average Bonchev–Trinajstić information content (AvgIpc) is 2.02. The third kappa shape index (κ3) is 2.30. The van der Waals surface area contributed by atoms with E-state index in [2.05, 4.69) is 13.5 Å². The summed E-state index contributed by atoms with van der Waals surface area (Å²) in [5.74, 6) is 0.533. The highest BCUT2D eigenvalue weighted by molar-refractivity contribution is 5.11. The zero-order valence-electron chi connectivity index (χ0n) is 8.42. The van der Waals surface area contributed by atoms with Gasteiger partial charge in [0.25, 0.3) is 0 Å². The first-order chi connectivity index (χ1) is 5.93. The first kappa shape index (κ1) is 10.7. The summed E-state index contributed by atoms with van der Waals surface area (Å²) in [5.41, 5.74) is 17.3. The Morgan fingerprint density at radius 2 is 2.08 bits per heavy atom. The molecule has 1 aliphatic carbocycles. The molecule has 0 aromatic rings. The highest BCUT2D eigenvalue weighted by Gasteiger charge is 2.40. The van der Waals surface area contributed by atoms with Crippen molar-refractivity contribution in [1.29, 1.82) is 0 Å². The van der Waals surface area contributed by atoms with E-state index < -0.39 is 0 Å². The molecular formula is C10H21N3. The second-order valence-corrected chi connectivity index (χ2v) is 4.69. The van der Waals surface area contributed by atoms with Crippen molar-refractivity contribution in [3.8, 4) is 0 Å². The Morgan fingerprint density at radius 1 is 1.46 bits per heavy atom. The van der Waals surface area contributed by atoms with E-state index in [0.29, 0.717) is 12.5 Å². The van der Waals surface area contributed by atoms with Crippen LogP contribution < -0.4 is 17.2 Å². The van der Waals surface area contributed by atoms with Gasteiger partial charge in [-0.05, 0) is 25.2 Å². The first-order valence-electron chi connectivity index (χ1n) is 4.84. The van der Waals surface area contributed by atoms with Crippen molar-refractivity contribution in [3.63, 3.8) is 0 Å². The van der Waals surface area contributed by atoms with Crippen LogP contribution in [0.15, 0.2) is 12.7 Å². The van der Waals surface area contributed by atoms with Crippen molar-refractivity contribution in [3.05, 3.63) is 12.7 Å². The Hall–Kier alpha value is -0.380. The molecule has 0 amide bonds. The van der Waals surface area contributed by atoms with Crippen molar-refractivity contribution < 1.29 is 0 Å². The lowest BCUT2D eigenvalue weighted by Gasteiger charge is -2.45. The fourth-order valence-electron chi connectivity index (χ4n) is 2.53. The first-order valence-corrected chi connectivity index (χ1v) is 4.84. The van der Waals surface area contributed by atoms with Gasteiger partial charge in [0, 0.05) is 17.6 Å². The van der Waals surface area contributed by atoms with E-state index in [1.165, 1.54) is 0 Å². The van der Waals surface area contributed by atoms with Crippen molar-refractivity contribution in [2.24, 2.45) is 23.1 Å². The normalized spacial score (nSPS) is 46.0. The Labute approximate surface area is 80.3 Å². The Balaban J connectivity index is 2.79. The van der Waals surface area contributed by atoms with Gasteiger partial charge in [-0.1, -0.05) is 13.0 Å². The molecule has 0 aromatic heterocycles. The second-order valence-electron chi connectivity index (χ2n) is 4.69. The van der Waals surface area contributed by atoms with Crippen molar-refractivity contribution >= 4 is 0 Å². The summed E-state index contributed by atoms with van der Waals surface area (Å²) in [4.78, 5) is 0. The van der Waals surface area contributed by atoms with E-state index in [1.54, 1.807) is 0 Å². The highest BCUT2D eigenvalue weighted by Crippen LogP contribution is 2.35. The van der Waals surface area contributed by atoms with Gasteiger partial charge in [0.05, 0.1) is 0 Å². The van der Waals surface area contributed by atoms with E-state index in [-0.39, 0.29) is 11.1 Å². The van der Waals surface area contributed by atoms with Gasteiger partial charge < -0.3 is 17.2 Å². The summed E-state index contributed by atoms with van der Waals surface area (Å²) in [6.45, 7) is 6.44. The number of nitrogens with two attached hydrogens (primary N) is 3. The van der Waals surface area contributed by atoms with Gasteiger partial charge in [0.15, 0.2) is 0 Å². The molecular weight excluding hydrogens is 162 g/mol. The summed E-state index contributed by atoms with van der Waals surface area (Å²) in [7, 11) is 0. The Kier molecular flexibility index (Phi) is 2.80. The molecule has 76 valence electrons. The maximum Gasteiger partial charge on any atom is 0.0357 e. The molecule has 6 N–H and O–H groups in total. The monoisotopic (exact) mass is 183 g/mol. The summed E-state index contributed by atoms with van der Waals surface area (Å²) in [6, 6.07) is 0. The van der Waals surface area contributed by atoms with Crippen LogP contribution in [0.4, 0.5) is 0 Å². The highest BCUT2D eigenvalue weighted by atomic mass is 14.9. The van der Waals surface area contributed by atoms with E-state index in [4.69, 9.17) is 17.2 Å². The molecule has 0 bridgehead atoms. The minimum Gasteiger partial charge on any atom is -0.329 e. The zero-order valence-corrected chi connectivity index (χ0v) is 8.42. The lowest BCUT2D eigenvalue weighted by Crippen LogP contribution is -2.60. The molecule has 0 heterocycles. The van der Waals surface area contributed by atoms with Gasteiger partial charge in [0.2, 0.25) is 0 Å². The van der Waals surface area contributed by atoms with Gasteiger partial charge in [-0.3, -0.25) is 0 Å². The molecule has 1 saturated carbocycles. The number of hydrogen-bond donors (Lipinski definition) is 3. The fourth-order valence-corrected chi connectivity index (χ4v) is 2.53. The molecule has 3 atom stereocenters. The number of hydrogen-bond acceptors (Lipinski definition) is 3. The van der Waals surface area contributed by atoms with Crippen LogP contribution in [-0.4, -0.2) is 17.6 Å². The smallest absolute Gasteiger partial charge is 0.0357 e. The Bertz CT molecular complexity index is 204. The maximum atomic E-state index is 6.15. The predicted octanol–water partition coefficient (Wildman–Crippen LogP) is 0.346. The average molecular weight is 183 g/mol. The fraction of sp³-hybridized carbons (Fsp3) is 0.800. The van der Waals surface area contributed by atoms with Crippen LogP contribution in [0.3, 0.4) is 0 Å². The molecule has 1 fully saturated rings. The molecule has 1 aliphatic rings. The molecule has 1 rings (SSSR count). The van der Waals surface area contributed by atoms with Gasteiger partial charge in [-0.2, -0.15) is 0 Å². The van der Waals surface area contributed by atoms with Crippen LogP contribution in [0.2, 0.25) is 0 Å². The molecule has 0 aromatic carbocycles. The quantitative estimate of drug-likeness (QED) is 0.540. The van der Waals surface area contributed by atoms with E-state index >= 15 is 0 Å². The van der Waals surface area contributed by atoms with Crippen LogP contribution >= 0.6 is 0 Å². The zero-order chi connectivity index (χ0) is 10.1. The Morgan fingerprint density at radius 3 is 2.54 bits per heavy atom. The minimum atomic E-state index is -0.314. The van der Waals surface area contributed by atoms with Crippen LogP contribution in [0.1, 0.15) is 26.2 Å². The third-order valence-electron chi connectivity index (χ3n) is 2.98. The summed E-state index contributed by atoms with van der Waals surface area (Å²) < 4.78 is 0. The van der Waals surface area contributed by atoms with E-state index in [9.17, 15) is 0 Å². The summed E-state index contributed by atoms with van der Waals surface area (Å²) in [6.07, 6.45) is 4.51. The molecule has 13 heavy (non-hydrogen) atoms. The molecule has 0 radical (unpaired) electrons. The van der Waals surface area contributed by atoms with Crippen LogP contribution in [0.25, 0.3) is 0 Å². The molecule has 3 heteroatoms. The molecule has 3 nitrogen and oxygen atoms in total. The van der Waals surface area contributed by atoms with Crippen LogP contribution in [-0.2, 0) is 0 Å². The van der Waals surface area contributed by atoms with Gasteiger partial charge in [-0.25, -0.2) is 0 Å². The van der Waals surface area contributed by atoms with Gasteiger partial charge in [-0.15, -0.1) is 6.58 Å². The van der Waals surface area contributed by atoms with Gasteiger partial charge in [0.1, 0.15) is 0 Å². The van der Waals surface area contributed by atoms with Crippen molar-refractivity contribution in [2.45, 2.75) is 37.3 Å². The van der Waals surface area contributed by atoms with E-state index in [0.717, 1.165) is 19.3 Å². The second kappa shape index (κ2) is 3.40. The number of rotatable bonds is 2. The van der Waals surface area contributed by atoms with E-state index in [1.807, 2.05) is 6.08 Å². The van der Waals surface area contributed by atoms with Crippen molar-refractivity contribution in [1.82, 2.24) is 0 Å². The largest absolute Gasteiger partial charge is 0.329 e.